The first-order chi connectivity index (χ1) is 12.8. The molecule has 0 aliphatic carbocycles. The Balaban J connectivity index is 4.35. The number of rotatable bonds is 19. The maximum atomic E-state index is 2.45. The van der Waals surface area contributed by atoms with E-state index in [1.807, 2.05) is 0 Å². The molecule has 0 fully saturated rings. The van der Waals surface area contributed by atoms with Crippen LogP contribution in [0.15, 0.2) is 0 Å². The lowest BCUT2D eigenvalue weighted by Crippen LogP contribution is -2.50. The summed E-state index contributed by atoms with van der Waals surface area (Å²) >= 11 is 0. The molecule has 0 amide bonds. The lowest BCUT2D eigenvalue weighted by atomic mass is 10.0. The van der Waals surface area contributed by atoms with Gasteiger partial charge >= 0.3 is 0 Å². The predicted octanol–water partition coefficient (Wildman–Crippen LogP) is 8.47. The van der Waals surface area contributed by atoms with Crippen LogP contribution in [0.5, 0.6) is 0 Å². The first-order valence-electron chi connectivity index (χ1n) is 12.7. The highest BCUT2D eigenvalue weighted by Gasteiger charge is 2.23. The van der Waals surface area contributed by atoms with E-state index in [0.717, 1.165) is 17.8 Å². The van der Waals surface area contributed by atoms with E-state index < -0.39 is 0 Å². The molecule has 27 heavy (non-hydrogen) atoms. The molecular formula is C26H56N+. The smallest absolute Gasteiger partial charge is 0.0786 e. The molecule has 0 atom stereocenters. The van der Waals surface area contributed by atoms with Crippen molar-refractivity contribution in [1.82, 2.24) is 0 Å². The van der Waals surface area contributed by atoms with Crippen LogP contribution in [0.25, 0.3) is 0 Å². The van der Waals surface area contributed by atoms with E-state index in [-0.39, 0.29) is 0 Å². The Morgan fingerprint density at radius 2 is 0.741 bits per heavy atom. The number of nitrogens with zero attached hydrogens (tertiary/aromatic N) is 1. The summed E-state index contributed by atoms with van der Waals surface area (Å²) in [6, 6.07) is 0. The molecule has 0 aromatic heterocycles. The molecule has 0 heterocycles. The van der Waals surface area contributed by atoms with Crippen molar-refractivity contribution in [2.45, 2.75) is 126 Å². The van der Waals surface area contributed by atoms with Gasteiger partial charge in [0.15, 0.2) is 0 Å². The van der Waals surface area contributed by atoms with E-state index in [2.05, 4.69) is 48.5 Å². The standard InChI is InChI=1S/C26H56N/c1-8-27(21-15-9-12-18-24(2)3,22-16-10-13-19-25(4)5)23-17-11-14-20-26(6)7/h24-26H,8-23H2,1-7H3/q+1. The molecule has 0 aromatic rings. The van der Waals surface area contributed by atoms with Crippen LogP contribution in [0, 0.1) is 17.8 Å². The maximum absolute atomic E-state index is 2.45. The predicted molar refractivity (Wildman–Crippen MR) is 125 cm³/mol. The van der Waals surface area contributed by atoms with Crippen molar-refractivity contribution in [1.29, 1.82) is 0 Å². The first kappa shape index (κ1) is 27.0. The SMILES string of the molecule is CC[N+](CCCCCC(C)C)(CCCCCC(C)C)CCCCCC(C)C. The third-order valence-corrected chi connectivity index (χ3v) is 6.41. The molecule has 0 bridgehead atoms. The van der Waals surface area contributed by atoms with Crippen LogP contribution in [0.2, 0.25) is 0 Å². The number of unbranched alkanes of at least 4 members (excludes halogenated alkanes) is 6. The van der Waals surface area contributed by atoms with E-state index in [9.17, 15) is 0 Å². The van der Waals surface area contributed by atoms with Gasteiger partial charge in [0, 0.05) is 0 Å². The van der Waals surface area contributed by atoms with Gasteiger partial charge in [-0.15, -0.1) is 0 Å². The van der Waals surface area contributed by atoms with Gasteiger partial charge in [-0.2, -0.15) is 0 Å². The molecule has 1 heteroatoms. The summed E-state index contributed by atoms with van der Waals surface area (Å²) < 4.78 is 1.41. The fourth-order valence-electron chi connectivity index (χ4n) is 4.34. The molecule has 0 aromatic carbocycles. The van der Waals surface area contributed by atoms with Crippen LogP contribution in [-0.4, -0.2) is 30.7 Å². The van der Waals surface area contributed by atoms with Crippen molar-refractivity contribution in [2.75, 3.05) is 26.2 Å². The number of hydrogen-bond acceptors (Lipinski definition) is 0. The Kier molecular flexibility index (Phi) is 16.8. The van der Waals surface area contributed by atoms with Crippen molar-refractivity contribution in [2.24, 2.45) is 17.8 Å². The highest BCUT2D eigenvalue weighted by atomic mass is 15.3. The van der Waals surface area contributed by atoms with Gasteiger partial charge in [-0.1, -0.05) is 80.1 Å². The lowest BCUT2D eigenvalue weighted by Gasteiger charge is -2.38. The zero-order chi connectivity index (χ0) is 20.5. The van der Waals surface area contributed by atoms with E-state index in [1.165, 1.54) is 108 Å². The molecule has 0 spiro atoms. The molecule has 0 unspecified atom stereocenters. The molecular weight excluding hydrogens is 326 g/mol. The maximum Gasteiger partial charge on any atom is 0.0786 e. The molecule has 164 valence electrons. The Morgan fingerprint density at radius 1 is 0.444 bits per heavy atom. The number of quaternary nitrogens is 1. The molecule has 0 N–H and O–H groups in total. The highest BCUT2D eigenvalue weighted by molar-refractivity contribution is 4.54. The monoisotopic (exact) mass is 382 g/mol. The van der Waals surface area contributed by atoms with Gasteiger partial charge in [0.25, 0.3) is 0 Å². The Morgan fingerprint density at radius 3 is 0.963 bits per heavy atom. The fraction of sp³-hybridized carbons (Fsp3) is 1.00. The van der Waals surface area contributed by atoms with Gasteiger partial charge in [0.05, 0.1) is 26.2 Å². The summed E-state index contributed by atoms with van der Waals surface area (Å²) in [7, 11) is 0. The average molecular weight is 383 g/mol. The fourth-order valence-corrected chi connectivity index (χ4v) is 4.34. The van der Waals surface area contributed by atoms with Crippen LogP contribution in [-0.2, 0) is 0 Å². The molecule has 0 saturated heterocycles. The van der Waals surface area contributed by atoms with E-state index in [0.29, 0.717) is 0 Å². The van der Waals surface area contributed by atoms with E-state index in [4.69, 9.17) is 0 Å². The second kappa shape index (κ2) is 16.9. The van der Waals surface area contributed by atoms with Crippen LogP contribution < -0.4 is 0 Å². The van der Waals surface area contributed by atoms with Gasteiger partial charge in [0.1, 0.15) is 0 Å². The Bertz CT molecular complexity index is 260. The van der Waals surface area contributed by atoms with Gasteiger partial charge in [-0.25, -0.2) is 0 Å². The molecule has 0 radical (unpaired) electrons. The van der Waals surface area contributed by atoms with Crippen molar-refractivity contribution < 1.29 is 4.48 Å². The minimum atomic E-state index is 0.873. The minimum absolute atomic E-state index is 0.873. The molecule has 1 nitrogen and oxygen atoms in total. The minimum Gasteiger partial charge on any atom is -0.324 e. The quantitative estimate of drug-likeness (QED) is 0.155. The molecule has 0 saturated carbocycles. The second-order valence-corrected chi connectivity index (χ2v) is 10.6. The highest BCUT2D eigenvalue weighted by Crippen LogP contribution is 2.19. The average Bonchev–Trinajstić information content (AvgIpc) is 2.59. The lowest BCUT2D eigenvalue weighted by molar-refractivity contribution is -0.927. The third-order valence-electron chi connectivity index (χ3n) is 6.41. The number of hydrogen-bond donors (Lipinski definition) is 0. The van der Waals surface area contributed by atoms with Crippen molar-refractivity contribution in [3.63, 3.8) is 0 Å². The van der Waals surface area contributed by atoms with Gasteiger partial charge < -0.3 is 4.48 Å². The van der Waals surface area contributed by atoms with Crippen LogP contribution >= 0.6 is 0 Å². The van der Waals surface area contributed by atoms with Crippen molar-refractivity contribution in [3.8, 4) is 0 Å². The van der Waals surface area contributed by atoms with Gasteiger partial charge in [-0.05, 0) is 63.2 Å². The molecule has 0 aliphatic rings. The van der Waals surface area contributed by atoms with Crippen molar-refractivity contribution in [3.05, 3.63) is 0 Å². The Labute approximate surface area is 174 Å². The van der Waals surface area contributed by atoms with E-state index in [1.54, 1.807) is 0 Å². The summed E-state index contributed by atoms with van der Waals surface area (Å²) in [6.45, 7) is 22.3. The van der Waals surface area contributed by atoms with Crippen LogP contribution in [0.3, 0.4) is 0 Å². The van der Waals surface area contributed by atoms with Gasteiger partial charge in [-0.3, -0.25) is 0 Å². The van der Waals surface area contributed by atoms with Crippen molar-refractivity contribution >= 4 is 0 Å². The normalized spacial score (nSPS) is 12.7. The van der Waals surface area contributed by atoms with Crippen LogP contribution in [0.4, 0.5) is 0 Å². The van der Waals surface area contributed by atoms with Gasteiger partial charge in [0.2, 0.25) is 0 Å². The third kappa shape index (κ3) is 16.6. The second-order valence-electron chi connectivity index (χ2n) is 10.6. The topological polar surface area (TPSA) is 0 Å². The molecule has 0 aliphatic heterocycles. The largest absolute Gasteiger partial charge is 0.324 e. The summed E-state index contributed by atoms with van der Waals surface area (Å²) in [4.78, 5) is 0. The first-order valence-corrected chi connectivity index (χ1v) is 12.7. The summed E-state index contributed by atoms with van der Waals surface area (Å²) in [5, 5.41) is 0. The van der Waals surface area contributed by atoms with Crippen LogP contribution in [0.1, 0.15) is 126 Å². The Hall–Kier alpha value is -0.0400. The summed E-state index contributed by atoms with van der Waals surface area (Å²) in [5.41, 5.74) is 0. The zero-order valence-electron chi connectivity index (χ0n) is 20.5. The summed E-state index contributed by atoms with van der Waals surface area (Å²) in [5.74, 6) is 2.62. The summed E-state index contributed by atoms with van der Waals surface area (Å²) in [6.07, 6.45) is 17.2. The zero-order valence-corrected chi connectivity index (χ0v) is 20.5. The van der Waals surface area contributed by atoms with E-state index >= 15 is 0 Å². The molecule has 0 rings (SSSR count).